The average Bonchev–Trinajstić information content (AvgIpc) is 2.10. The Balaban J connectivity index is 3.28. The van der Waals surface area contributed by atoms with E-state index >= 15 is 0 Å². The number of carbonyl (C=O) groups excluding carboxylic acids is 1. The highest BCUT2D eigenvalue weighted by Crippen LogP contribution is 2.21. The van der Waals surface area contributed by atoms with Crippen molar-refractivity contribution in [1.29, 1.82) is 0 Å². The second kappa shape index (κ2) is 3.43. The molecule has 0 atom stereocenters. The number of phenols is 1. The maximum atomic E-state index is 13.1. The van der Waals surface area contributed by atoms with Crippen molar-refractivity contribution in [3.63, 3.8) is 0 Å². The van der Waals surface area contributed by atoms with Gasteiger partial charge in [0.25, 0.3) is 0 Å². The van der Waals surface area contributed by atoms with Crippen LogP contribution in [0.25, 0.3) is 0 Å². The van der Waals surface area contributed by atoms with Crippen LogP contribution in [0.1, 0.15) is 15.9 Å². The number of aryl methyl sites for hydroxylation is 1. The molecule has 0 aliphatic carbocycles. The summed E-state index contributed by atoms with van der Waals surface area (Å²) in [7, 11) is 1.15. The first-order valence-electron chi connectivity index (χ1n) is 3.63. The van der Waals surface area contributed by atoms with Crippen LogP contribution in [0.5, 0.6) is 5.75 Å². The monoisotopic (exact) mass is 184 g/mol. The molecule has 70 valence electrons. The van der Waals surface area contributed by atoms with E-state index in [1.54, 1.807) is 6.92 Å². The number of benzene rings is 1. The fourth-order valence-corrected chi connectivity index (χ4v) is 1.01. The molecule has 1 N–H and O–H groups in total. The van der Waals surface area contributed by atoms with Gasteiger partial charge in [-0.1, -0.05) is 0 Å². The first kappa shape index (κ1) is 9.51. The van der Waals surface area contributed by atoms with E-state index < -0.39 is 17.5 Å². The fraction of sp³-hybridized carbons (Fsp3) is 0.222. The molecule has 4 heteroatoms. The highest BCUT2D eigenvalue weighted by atomic mass is 19.1. The van der Waals surface area contributed by atoms with Gasteiger partial charge in [0.15, 0.2) is 11.6 Å². The third kappa shape index (κ3) is 1.77. The number of rotatable bonds is 1. The molecule has 1 aromatic carbocycles. The van der Waals surface area contributed by atoms with Gasteiger partial charge in [0, 0.05) is 0 Å². The molecule has 13 heavy (non-hydrogen) atoms. The van der Waals surface area contributed by atoms with Gasteiger partial charge in [0.2, 0.25) is 0 Å². The molecule has 0 unspecified atom stereocenters. The van der Waals surface area contributed by atoms with E-state index in [2.05, 4.69) is 4.74 Å². The quantitative estimate of drug-likeness (QED) is 0.674. The zero-order valence-corrected chi connectivity index (χ0v) is 7.30. The fourth-order valence-electron chi connectivity index (χ4n) is 1.01. The van der Waals surface area contributed by atoms with Gasteiger partial charge >= 0.3 is 5.97 Å². The molecular formula is C9H9FO3. The molecule has 0 saturated heterocycles. The zero-order chi connectivity index (χ0) is 10.0. The summed E-state index contributed by atoms with van der Waals surface area (Å²) in [6, 6.07) is 2.56. The Hall–Kier alpha value is -1.58. The van der Waals surface area contributed by atoms with Crippen molar-refractivity contribution in [2.75, 3.05) is 7.11 Å². The van der Waals surface area contributed by atoms with Gasteiger partial charge in [-0.2, -0.15) is 0 Å². The first-order chi connectivity index (χ1) is 6.06. The van der Waals surface area contributed by atoms with Crippen LogP contribution in [-0.2, 0) is 4.74 Å². The Bertz CT molecular complexity index is 347. The molecule has 1 aromatic rings. The van der Waals surface area contributed by atoms with E-state index in [0.717, 1.165) is 7.11 Å². The van der Waals surface area contributed by atoms with E-state index in [1.165, 1.54) is 12.1 Å². The summed E-state index contributed by atoms with van der Waals surface area (Å²) < 4.78 is 17.4. The lowest BCUT2D eigenvalue weighted by Crippen LogP contribution is -2.04. The first-order valence-corrected chi connectivity index (χ1v) is 3.63. The van der Waals surface area contributed by atoms with Crippen LogP contribution in [0, 0.1) is 12.7 Å². The van der Waals surface area contributed by atoms with Crippen molar-refractivity contribution in [3.05, 3.63) is 29.1 Å². The number of aromatic hydroxyl groups is 1. The average molecular weight is 184 g/mol. The van der Waals surface area contributed by atoms with Crippen LogP contribution < -0.4 is 0 Å². The summed E-state index contributed by atoms with van der Waals surface area (Å²) in [6.45, 7) is 1.64. The smallest absolute Gasteiger partial charge is 0.341 e. The summed E-state index contributed by atoms with van der Waals surface area (Å²) in [5, 5.41) is 9.04. The molecule has 0 bridgehead atoms. The Labute approximate surface area is 74.8 Å². The van der Waals surface area contributed by atoms with E-state index in [9.17, 15) is 9.18 Å². The van der Waals surface area contributed by atoms with Crippen LogP contribution in [-0.4, -0.2) is 18.2 Å². The zero-order valence-electron chi connectivity index (χ0n) is 7.30. The van der Waals surface area contributed by atoms with Crippen LogP contribution in [0.2, 0.25) is 0 Å². The number of phenolic OH excluding ortho intramolecular Hbond substituents is 1. The van der Waals surface area contributed by atoms with Crippen molar-refractivity contribution in [2.45, 2.75) is 6.92 Å². The second-order valence-corrected chi connectivity index (χ2v) is 2.64. The Kier molecular flexibility index (Phi) is 2.51. The predicted octanol–water partition coefficient (Wildman–Crippen LogP) is 1.63. The number of hydrogen-bond acceptors (Lipinski definition) is 3. The highest BCUT2D eigenvalue weighted by molar-refractivity contribution is 5.90. The summed E-state index contributed by atoms with van der Waals surface area (Å²) in [5.41, 5.74) is 0.347. The molecule has 0 amide bonds. The molecule has 0 aromatic heterocycles. The van der Waals surface area contributed by atoms with Crippen molar-refractivity contribution < 1.29 is 19.0 Å². The predicted molar refractivity (Wildman–Crippen MR) is 44.1 cm³/mol. The van der Waals surface area contributed by atoms with Crippen molar-refractivity contribution in [1.82, 2.24) is 0 Å². The van der Waals surface area contributed by atoms with Gasteiger partial charge in [-0.15, -0.1) is 0 Å². The number of methoxy groups -OCH3 is 1. The van der Waals surface area contributed by atoms with Crippen LogP contribution >= 0.6 is 0 Å². The number of hydrogen-bond donors (Lipinski definition) is 1. The van der Waals surface area contributed by atoms with Crippen molar-refractivity contribution in [3.8, 4) is 5.75 Å². The topological polar surface area (TPSA) is 46.5 Å². The van der Waals surface area contributed by atoms with E-state index in [-0.39, 0.29) is 5.56 Å². The third-order valence-electron chi connectivity index (χ3n) is 1.60. The molecule has 0 aliphatic heterocycles. The lowest BCUT2D eigenvalue weighted by atomic mass is 10.1. The van der Waals surface area contributed by atoms with Gasteiger partial charge in [0.1, 0.15) is 0 Å². The second-order valence-electron chi connectivity index (χ2n) is 2.64. The maximum Gasteiger partial charge on any atom is 0.341 e. The molecular weight excluding hydrogens is 175 g/mol. The van der Waals surface area contributed by atoms with Gasteiger partial charge in [-0.05, 0) is 24.6 Å². The van der Waals surface area contributed by atoms with Crippen LogP contribution in [0.15, 0.2) is 12.1 Å². The standard InChI is InChI=1S/C9H9FO3/c1-5-3-6(9(12)13-2)8(10)7(11)4-5/h3-4,11H,1-2H3. The lowest BCUT2D eigenvalue weighted by Gasteiger charge is -2.03. The summed E-state index contributed by atoms with van der Waals surface area (Å²) >= 11 is 0. The molecule has 0 radical (unpaired) electrons. The Morgan fingerprint density at radius 1 is 1.54 bits per heavy atom. The Morgan fingerprint density at radius 2 is 2.15 bits per heavy atom. The van der Waals surface area contributed by atoms with Gasteiger partial charge in [-0.25, -0.2) is 9.18 Å². The summed E-state index contributed by atoms with van der Waals surface area (Å²) in [6.07, 6.45) is 0. The third-order valence-corrected chi connectivity index (χ3v) is 1.60. The van der Waals surface area contributed by atoms with Gasteiger partial charge < -0.3 is 9.84 Å². The molecule has 0 heterocycles. The van der Waals surface area contributed by atoms with E-state index in [0.29, 0.717) is 5.56 Å². The number of esters is 1. The maximum absolute atomic E-state index is 13.1. The normalized spacial score (nSPS) is 9.77. The molecule has 0 aliphatic rings. The highest BCUT2D eigenvalue weighted by Gasteiger charge is 2.15. The number of ether oxygens (including phenoxy) is 1. The number of halogens is 1. The van der Waals surface area contributed by atoms with E-state index in [1.807, 2.05) is 0 Å². The van der Waals surface area contributed by atoms with Crippen molar-refractivity contribution in [2.24, 2.45) is 0 Å². The molecule has 3 nitrogen and oxygen atoms in total. The molecule has 1 rings (SSSR count). The van der Waals surface area contributed by atoms with Gasteiger partial charge in [0.05, 0.1) is 12.7 Å². The largest absolute Gasteiger partial charge is 0.505 e. The SMILES string of the molecule is COC(=O)c1cc(C)cc(O)c1F. The Morgan fingerprint density at radius 3 is 2.69 bits per heavy atom. The summed E-state index contributed by atoms with van der Waals surface area (Å²) in [4.78, 5) is 11.0. The number of carbonyl (C=O) groups is 1. The molecule has 0 fully saturated rings. The molecule has 0 saturated carbocycles. The molecule has 0 spiro atoms. The lowest BCUT2D eigenvalue weighted by molar-refractivity contribution is 0.0594. The summed E-state index contributed by atoms with van der Waals surface area (Å²) in [5.74, 6) is -2.28. The minimum Gasteiger partial charge on any atom is -0.505 e. The van der Waals surface area contributed by atoms with E-state index in [4.69, 9.17) is 5.11 Å². The van der Waals surface area contributed by atoms with Gasteiger partial charge in [-0.3, -0.25) is 0 Å². The minimum absolute atomic E-state index is 0.250. The van der Waals surface area contributed by atoms with Crippen molar-refractivity contribution >= 4 is 5.97 Å². The van der Waals surface area contributed by atoms with Crippen LogP contribution in [0.3, 0.4) is 0 Å². The van der Waals surface area contributed by atoms with Crippen LogP contribution in [0.4, 0.5) is 4.39 Å². The minimum atomic E-state index is -0.947.